The summed E-state index contributed by atoms with van der Waals surface area (Å²) in [7, 11) is 0.00120. The molecule has 1 heterocycles. The second-order valence-corrected chi connectivity index (χ2v) is 6.79. The lowest BCUT2D eigenvalue weighted by atomic mass is 10.2. The lowest BCUT2D eigenvalue weighted by Gasteiger charge is -2.15. The van der Waals surface area contributed by atoms with Crippen molar-refractivity contribution in [2.75, 3.05) is 40.4 Å². The molecule has 0 atom stereocenters. The number of methoxy groups -OCH3 is 1. The van der Waals surface area contributed by atoms with Crippen molar-refractivity contribution in [3.05, 3.63) is 29.8 Å². The van der Waals surface area contributed by atoms with Crippen molar-refractivity contribution >= 4 is 16.0 Å². The van der Waals surface area contributed by atoms with Gasteiger partial charge in [-0.1, -0.05) is 12.1 Å². The number of guanidine groups is 1. The van der Waals surface area contributed by atoms with Crippen LogP contribution < -0.4 is 10.0 Å². The van der Waals surface area contributed by atoms with Gasteiger partial charge in [-0.3, -0.25) is 4.99 Å². The van der Waals surface area contributed by atoms with E-state index in [4.69, 9.17) is 4.74 Å². The highest BCUT2D eigenvalue weighted by Gasteiger charge is 2.15. The van der Waals surface area contributed by atoms with Crippen LogP contribution in [0.1, 0.15) is 5.56 Å². The minimum absolute atomic E-state index is 0.253. The molecule has 0 unspecified atom stereocenters. The number of nitrogens with one attached hydrogen (secondary N) is 2. The van der Waals surface area contributed by atoms with E-state index in [0.717, 1.165) is 24.6 Å². The summed E-state index contributed by atoms with van der Waals surface area (Å²) >= 11 is 0. The lowest BCUT2D eigenvalue weighted by molar-refractivity contribution is 0.204. The predicted octanol–water partition coefficient (Wildman–Crippen LogP) is 0.00230. The lowest BCUT2D eigenvalue weighted by Crippen LogP contribution is -2.35. The molecule has 2 N–H and O–H groups in total. The molecular weight excluding hydrogens is 304 g/mol. The van der Waals surface area contributed by atoms with Crippen LogP contribution in [0.2, 0.25) is 0 Å². The summed E-state index contributed by atoms with van der Waals surface area (Å²) in [5.41, 5.74) is 0.887. The SMILES string of the molecule is COCCNS(=O)(=O)c1cccc(CNC2=NCCN2C)c1. The fourth-order valence-electron chi connectivity index (χ4n) is 2.09. The Morgan fingerprint density at radius 2 is 2.23 bits per heavy atom. The maximum absolute atomic E-state index is 12.2. The van der Waals surface area contributed by atoms with Crippen molar-refractivity contribution in [3.63, 3.8) is 0 Å². The second-order valence-electron chi connectivity index (χ2n) is 5.02. The largest absolute Gasteiger partial charge is 0.383 e. The van der Waals surface area contributed by atoms with E-state index >= 15 is 0 Å². The van der Waals surface area contributed by atoms with Gasteiger partial charge in [-0.2, -0.15) is 0 Å². The molecule has 0 amide bonds. The molecule has 22 heavy (non-hydrogen) atoms. The minimum Gasteiger partial charge on any atom is -0.383 e. The zero-order valence-electron chi connectivity index (χ0n) is 12.9. The summed E-state index contributed by atoms with van der Waals surface area (Å²) in [5.74, 6) is 0.839. The molecule has 8 heteroatoms. The van der Waals surface area contributed by atoms with Crippen molar-refractivity contribution in [1.82, 2.24) is 14.9 Å². The minimum atomic E-state index is -3.50. The third kappa shape index (κ3) is 4.43. The topological polar surface area (TPSA) is 83.0 Å². The first-order valence-corrected chi connectivity index (χ1v) is 8.58. The van der Waals surface area contributed by atoms with Gasteiger partial charge >= 0.3 is 0 Å². The summed E-state index contributed by atoms with van der Waals surface area (Å²) in [6.07, 6.45) is 0. The molecule has 2 rings (SSSR count). The van der Waals surface area contributed by atoms with Crippen molar-refractivity contribution in [3.8, 4) is 0 Å². The van der Waals surface area contributed by atoms with Gasteiger partial charge in [0.1, 0.15) is 0 Å². The molecule has 0 saturated heterocycles. The van der Waals surface area contributed by atoms with Gasteiger partial charge in [0.05, 0.1) is 18.0 Å². The van der Waals surface area contributed by atoms with Gasteiger partial charge in [-0.25, -0.2) is 13.1 Å². The molecule has 0 saturated carbocycles. The number of nitrogens with zero attached hydrogens (tertiary/aromatic N) is 2. The number of likely N-dealkylation sites (N-methyl/N-ethyl adjacent to an activating group) is 1. The number of aliphatic imine (C=N–C) groups is 1. The smallest absolute Gasteiger partial charge is 0.240 e. The van der Waals surface area contributed by atoms with Gasteiger partial charge < -0.3 is 15.0 Å². The Kier molecular flexibility index (Phi) is 5.76. The molecule has 7 nitrogen and oxygen atoms in total. The average Bonchev–Trinajstić information content (AvgIpc) is 2.91. The fraction of sp³-hybridized carbons (Fsp3) is 0.500. The highest BCUT2D eigenvalue weighted by Crippen LogP contribution is 2.11. The van der Waals surface area contributed by atoms with Crippen molar-refractivity contribution in [1.29, 1.82) is 0 Å². The van der Waals surface area contributed by atoms with Crippen LogP contribution in [0, 0.1) is 0 Å². The van der Waals surface area contributed by atoms with Crippen LogP contribution in [0.5, 0.6) is 0 Å². The average molecular weight is 326 g/mol. The molecule has 0 fully saturated rings. The summed E-state index contributed by atoms with van der Waals surface area (Å²) in [6.45, 7) is 2.82. The zero-order chi connectivity index (χ0) is 16.0. The van der Waals surface area contributed by atoms with Crippen LogP contribution in [0.3, 0.4) is 0 Å². The molecule has 1 aromatic rings. The van der Waals surface area contributed by atoms with E-state index in [-0.39, 0.29) is 11.4 Å². The molecule has 0 aromatic heterocycles. The molecular formula is C14H22N4O3S. The summed E-state index contributed by atoms with van der Waals surface area (Å²) in [4.78, 5) is 6.63. The van der Waals surface area contributed by atoms with Crippen molar-refractivity contribution in [2.45, 2.75) is 11.4 Å². The monoisotopic (exact) mass is 326 g/mol. The second kappa shape index (κ2) is 7.57. The Balaban J connectivity index is 2.00. The summed E-state index contributed by atoms with van der Waals surface area (Å²) < 4.78 is 31.7. The highest BCUT2D eigenvalue weighted by atomic mass is 32.2. The molecule has 0 aliphatic carbocycles. The summed E-state index contributed by atoms with van der Waals surface area (Å²) in [5, 5.41) is 3.22. The van der Waals surface area contributed by atoms with Gasteiger partial charge in [-0.05, 0) is 17.7 Å². The first-order chi connectivity index (χ1) is 10.5. The normalized spacial score (nSPS) is 15.0. The first kappa shape index (κ1) is 16.7. The number of sulfonamides is 1. The Hall–Kier alpha value is -1.64. The Morgan fingerprint density at radius 3 is 2.91 bits per heavy atom. The van der Waals surface area contributed by atoms with Crippen molar-refractivity contribution in [2.24, 2.45) is 4.99 Å². The van der Waals surface area contributed by atoms with E-state index in [1.165, 1.54) is 7.11 Å². The van der Waals surface area contributed by atoms with Crippen LogP contribution in [0.25, 0.3) is 0 Å². The van der Waals surface area contributed by atoms with Crippen LogP contribution in [-0.4, -0.2) is 59.7 Å². The fourth-order valence-corrected chi connectivity index (χ4v) is 3.17. The van der Waals surface area contributed by atoms with Crippen LogP contribution in [0.4, 0.5) is 0 Å². The number of ether oxygens (including phenoxy) is 1. The third-order valence-corrected chi connectivity index (χ3v) is 4.77. The summed E-state index contributed by atoms with van der Waals surface area (Å²) in [6, 6.07) is 6.87. The van der Waals surface area contributed by atoms with E-state index in [1.54, 1.807) is 18.2 Å². The van der Waals surface area contributed by atoms with Crippen LogP contribution in [-0.2, 0) is 21.3 Å². The van der Waals surface area contributed by atoms with Gasteiger partial charge in [0, 0.05) is 33.8 Å². The third-order valence-electron chi connectivity index (χ3n) is 3.32. The molecule has 1 aliphatic heterocycles. The predicted molar refractivity (Wildman–Crippen MR) is 85.3 cm³/mol. The number of hydrogen-bond acceptors (Lipinski definition) is 6. The molecule has 122 valence electrons. The Morgan fingerprint density at radius 1 is 1.41 bits per heavy atom. The molecule has 0 radical (unpaired) electrons. The molecule has 1 aromatic carbocycles. The Bertz CT molecular complexity index is 631. The van der Waals surface area contributed by atoms with E-state index in [2.05, 4.69) is 15.0 Å². The maximum atomic E-state index is 12.2. The highest BCUT2D eigenvalue weighted by molar-refractivity contribution is 7.89. The van der Waals surface area contributed by atoms with Gasteiger partial charge in [0.2, 0.25) is 10.0 Å². The Labute approximate surface area is 131 Å². The van der Waals surface area contributed by atoms with Crippen LogP contribution >= 0.6 is 0 Å². The molecule has 0 bridgehead atoms. The maximum Gasteiger partial charge on any atom is 0.240 e. The molecule has 0 spiro atoms. The van der Waals surface area contributed by atoms with Gasteiger partial charge in [0.15, 0.2) is 5.96 Å². The van der Waals surface area contributed by atoms with E-state index in [9.17, 15) is 8.42 Å². The van der Waals surface area contributed by atoms with Crippen molar-refractivity contribution < 1.29 is 13.2 Å². The van der Waals surface area contributed by atoms with E-state index in [1.807, 2.05) is 18.0 Å². The molecule has 1 aliphatic rings. The first-order valence-electron chi connectivity index (χ1n) is 7.10. The van der Waals surface area contributed by atoms with Gasteiger partial charge in [0.25, 0.3) is 0 Å². The van der Waals surface area contributed by atoms with Gasteiger partial charge in [-0.15, -0.1) is 0 Å². The zero-order valence-corrected chi connectivity index (χ0v) is 13.7. The number of hydrogen-bond donors (Lipinski definition) is 2. The van der Waals surface area contributed by atoms with E-state index < -0.39 is 10.0 Å². The number of rotatable bonds is 7. The number of benzene rings is 1. The quantitative estimate of drug-likeness (QED) is 0.689. The van der Waals surface area contributed by atoms with E-state index in [0.29, 0.717) is 13.2 Å². The standard InChI is InChI=1S/C14H22N4O3S/c1-18-8-6-15-14(18)16-11-12-4-3-5-13(10-12)22(19,20)17-7-9-21-2/h3-5,10,17H,6-9,11H2,1-2H3,(H,15,16). The van der Waals surface area contributed by atoms with Crippen LogP contribution in [0.15, 0.2) is 34.2 Å².